The molecule has 170 valence electrons. The van der Waals surface area contributed by atoms with Gasteiger partial charge in [0.1, 0.15) is 23.4 Å². The quantitative estimate of drug-likeness (QED) is 0.379. The van der Waals surface area contributed by atoms with E-state index in [9.17, 15) is 4.39 Å². The van der Waals surface area contributed by atoms with Crippen LogP contribution in [-0.2, 0) is 11.3 Å². The molecule has 4 heterocycles. The predicted octanol–water partition coefficient (Wildman–Crippen LogP) is 4.62. The molecule has 33 heavy (non-hydrogen) atoms. The van der Waals surface area contributed by atoms with Crippen molar-refractivity contribution in [1.29, 1.82) is 0 Å². The Labute approximate surface area is 189 Å². The maximum absolute atomic E-state index is 15.0. The number of anilines is 3. The zero-order valence-corrected chi connectivity index (χ0v) is 18.1. The van der Waals surface area contributed by atoms with Gasteiger partial charge in [-0.05, 0) is 55.9 Å². The Bertz CT molecular complexity index is 1270. The largest absolute Gasteiger partial charge is 0.358 e. The van der Waals surface area contributed by atoms with Crippen LogP contribution in [0.5, 0.6) is 0 Å². The van der Waals surface area contributed by atoms with Gasteiger partial charge in [0.2, 0.25) is 5.95 Å². The van der Waals surface area contributed by atoms with Gasteiger partial charge in [-0.2, -0.15) is 10.1 Å². The zero-order valence-electron chi connectivity index (χ0n) is 18.1. The van der Waals surface area contributed by atoms with E-state index in [-0.39, 0.29) is 12.0 Å². The summed E-state index contributed by atoms with van der Waals surface area (Å²) in [5.74, 6) is 2.10. The highest BCUT2D eigenvalue weighted by molar-refractivity contribution is 5.77. The van der Waals surface area contributed by atoms with Crippen molar-refractivity contribution in [1.82, 2.24) is 29.7 Å². The van der Waals surface area contributed by atoms with Gasteiger partial charge in [-0.25, -0.2) is 14.4 Å². The molecule has 2 fully saturated rings. The lowest BCUT2D eigenvalue weighted by molar-refractivity contribution is -0.0297. The van der Waals surface area contributed by atoms with Gasteiger partial charge in [0.15, 0.2) is 5.82 Å². The molecule has 2 aliphatic rings. The first kappa shape index (κ1) is 20.1. The normalized spacial score (nSPS) is 18.5. The minimum atomic E-state index is -0.308. The van der Waals surface area contributed by atoms with E-state index >= 15 is 0 Å². The van der Waals surface area contributed by atoms with Crippen molar-refractivity contribution in [3.63, 3.8) is 0 Å². The first-order valence-corrected chi connectivity index (χ1v) is 11.4. The van der Waals surface area contributed by atoms with Gasteiger partial charge in [-0.1, -0.05) is 0 Å². The van der Waals surface area contributed by atoms with Crippen LogP contribution in [0.4, 0.5) is 22.0 Å². The van der Waals surface area contributed by atoms with Crippen LogP contribution < -0.4 is 10.6 Å². The summed E-state index contributed by atoms with van der Waals surface area (Å²) in [6, 6.07) is 7.21. The number of ether oxygens (including phenoxy) is 1. The van der Waals surface area contributed by atoms with Crippen molar-refractivity contribution >= 4 is 28.6 Å². The van der Waals surface area contributed by atoms with E-state index in [0.29, 0.717) is 41.9 Å². The molecule has 1 atom stereocenters. The summed E-state index contributed by atoms with van der Waals surface area (Å²) >= 11 is 0. The third-order valence-electron chi connectivity index (χ3n) is 6.13. The zero-order chi connectivity index (χ0) is 22.2. The molecule has 1 aromatic carbocycles. The molecule has 0 radical (unpaired) electrons. The second kappa shape index (κ2) is 8.43. The van der Waals surface area contributed by atoms with E-state index in [0.717, 1.165) is 36.3 Å². The molecule has 1 aliphatic heterocycles. The smallest absolute Gasteiger partial charge is 0.224 e. The molecule has 10 heteroatoms. The van der Waals surface area contributed by atoms with Crippen LogP contribution in [0, 0.1) is 5.82 Å². The van der Waals surface area contributed by atoms with Crippen LogP contribution in [-0.4, -0.2) is 36.3 Å². The number of nitrogens with zero attached hydrogens (tertiary/aromatic N) is 5. The molecule has 0 amide bonds. The van der Waals surface area contributed by atoms with Crippen LogP contribution in [0.1, 0.15) is 55.5 Å². The third kappa shape index (κ3) is 4.25. The van der Waals surface area contributed by atoms with Crippen molar-refractivity contribution in [2.24, 2.45) is 0 Å². The first-order chi connectivity index (χ1) is 16.2. The molecule has 1 saturated carbocycles. The van der Waals surface area contributed by atoms with Crippen LogP contribution in [0.15, 0.2) is 36.8 Å². The lowest BCUT2D eigenvalue weighted by Gasteiger charge is -2.24. The van der Waals surface area contributed by atoms with Gasteiger partial charge in [0.25, 0.3) is 0 Å². The van der Waals surface area contributed by atoms with Crippen LogP contribution in [0.2, 0.25) is 0 Å². The van der Waals surface area contributed by atoms with Crippen molar-refractivity contribution in [3.8, 4) is 0 Å². The van der Waals surface area contributed by atoms with Gasteiger partial charge in [0.05, 0.1) is 11.8 Å². The Hall–Kier alpha value is -3.53. The average molecular weight is 449 g/mol. The molecule has 0 bridgehead atoms. The number of halogens is 1. The van der Waals surface area contributed by atoms with E-state index in [1.165, 1.54) is 18.9 Å². The van der Waals surface area contributed by atoms with Gasteiger partial charge in [-0.3, -0.25) is 5.10 Å². The molecule has 3 N–H and O–H groups in total. The second-order valence-electron chi connectivity index (χ2n) is 8.65. The predicted molar refractivity (Wildman–Crippen MR) is 122 cm³/mol. The third-order valence-corrected chi connectivity index (χ3v) is 6.13. The molecule has 0 spiro atoms. The Morgan fingerprint density at radius 3 is 2.91 bits per heavy atom. The van der Waals surface area contributed by atoms with Gasteiger partial charge in [-0.15, -0.1) is 0 Å². The minimum absolute atomic E-state index is 0.152. The highest BCUT2D eigenvalue weighted by atomic mass is 19.1. The number of rotatable bonds is 7. The van der Waals surface area contributed by atoms with Crippen LogP contribution in [0.25, 0.3) is 11.0 Å². The molecule has 4 aromatic rings. The number of benzene rings is 1. The van der Waals surface area contributed by atoms with E-state index < -0.39 is 0 Å². The van der Waals surface area contributed by atoms with Crippen molar-refractivity contribution in [2.75, 3.05) is 17.2 Å². The summed E-state index contributed by atoms with van der Waals surface area (Å²) in [6.07, 6.45) is 8.60. The number of imidazole rings is 1. The van der Waals surface area contributed by atoms with Crippen molar-refractivity contribution in [2.45, 2.75) is 50.8 Å². The highest BCUT2D eigenvalue weighted by Gasteiger charge is 2.25. The van der Waals surface area contributed by atoms with Crippen molar-refractivity contribution in [3.05, 3.63) is 53.9 Å². The topological polar surface area (TPSA) is 106 Å². The fourth-order valence-electron chi connectivity index (χ4n) is 4.27. The standard InChI is InChI=1S/C23H25FN8O/c24-16-9-14(10-18-22(16)32(13-27-18)21-3-1-2-8-33-21)12-26-23-25-7-6-19(29-23)28-20-11-17(30-31-20)15-4-5-15/h6-7,9-11,13,15,21H,1-5,8,12H2,(H3,25,26,28,29,30,31). The summed E-state index contributed by atoms with van der Waals surface area (Å²) in [5.41, 5.74) is 3.01. The molecule has 9 nitrogen and oxygen atoms in total. The molecular formula is C23H25FN8O. The number of aromatic amines is 1. The molecule has 3 aromatic heterocycles. The maximum atomic E-state index is 15.0. The molecule has 1 aliphatic carbocycles. The Morgan fingerprint density at radius 1 is 1.12 bits per heavy atom. The van der Waals surface area contributed by atoms with E-state index in [4.69, 9.17) is 4.74 Å². The Morgan fingerprint density at radius 2 is 2.06 bits per heavy atom. The highest BCUT2D eigenvalue weighted by Crippen LogP contribution is 2.39. The number of fused-ring (bicyclic) bond motifs is 1. The van der Waals surface area contributed by atoms with E-state index in [1.807, 2.05) is 16.7 Å². The molecular weight excluding hydrogens is 423 g/mol. The fraction of sp³-hybridized carbons (Fsp3) is 0.391. The minimum Gasteiger partial charge on any atom is -0.358 e. The van der Waals surface area contributed by atoms with Gasteiger partial charge in [0, 0.05) is 37.0 Å². The molecule has 6 rings (SSSR count). The van der Waals surface area contributed by atoms with Crippen molar-refractivity contribution < 1.29 is 9.13 Å². The Kier molecular flexibility index (Phi) is 5.14. The first-order valence-electron chi connectivity index (χ1n) is 11.4. The summed E-state index contributed by atoms with van der Waals surface area (Å²) in [6.45, 7) is 1.07. The van der Waals surface area contributed by atoms with Crippen LogP contribution in [0.3, 0.4) is 0 Å². The average Bonchev–Trinajstić information content (AvgIpc) is 3.43. The summed E-state index contributed by atoms with van der Waals surface area (Å²) in [5, 5.41) is 13.7. The summed E-state index contributed by atoms with van der Waals surface area (Å²) in [4.78, 5) is 13.2. The SMILES string of the molecule is Fc1cc(CNc2nccc(Nc3cc(C4CC4)[nH]n3)n2)cc2ncn(C3CCCCO3)c12. The number of hydrogen-bond donors (Lipinski definition) is 3. The summed E-state index contributed by atoms with van der Waals surface area (Å²) in [7, 11) is 0. The lowest BCUT2D eigenvalue weighted by Crippen LogP contribution is -2.17. The van der Waals surface area contributed by atoms with E-state index in [2.05, 4.69) is 35.8 Å². The number of aromatic nitrogens is 6. The van der Waals surface area contributed by atoms with Gasteiger partial charge >= 0.3 is 0 Å². The lowest BCUT2D eigenvalue weighted by atomic mass is 10.1. The van der Waals surface area contributed by atoms with Gasteiger partial charge < -0.3 is 19.9 Å². The number of H-pyrrole nitrogens is 1. The second-order valence-corrected chi connectivity index (χ2v) is 8.65. The van der Waals surface area contributed by atoms with Crippen LogP contribution >= 0.6 is 0 Å². The summed E-state index contributed by atoms with van der Waals surface area (Å²) < 4.78 is 22.6. The number of nitrogens with one attached hydrogen (secondary N) is 3. The monoisotopic (exact) mass is 448 g/mol. The maximum Gasteiger partial charge on any atom is 0.224 e. The van der Waals surface area contributed by atoms with E-state index in [1.54, 1.807) is 18.6 Å². The molecule has 1 unspecified atom stereocenters. The number of hydrogen-bond acceptors (Lipinski definition) is 7. The fourth-order valence-corrected chi connectivity index (χ4v) is 4.27. The Balaban J connectivity index is 1.14. The molecule has 1 saturated heterocycles.